The molecule has 0 aromatic carbocycles. The highest BCUT2D eigenvalue weighted by Gasteiger charge is 2.21. The van der Waals surface area contributed by atoms with Gasteiger partial charge in [-0.15, -0.1) is 0 Å². The van der Waals surface area contributed by atoms with E-state index in [2.05, 4.69) is 28.7 Å². The van der Waals surface area contributed by atoms with Crippen molar-refractivity contribution in [3.8, 4) is 0 Å². The number of imidazole rings is 1. The summed E-state index contributed by atoms with van der Waals surface area (Å²) in [4.78, 5) is 4.16. The van der Waals surface area contributed by atoms with Gasteiger partial charge >= 0.3 is 0 Å². The molecule has 2 heterocycles. The Kier molecular flexibility index (Phi) is 1.89. The van der Waals surface area contributed by atoms with Crippen LogP contribution in [0.25, 0.3) is 0 Å². The van der Waals surface area contributed by atoms with Crippen molar-refractivity contribution < 1.29 is 0 Å². The first-order valence-corrected chi connectivity index (χ1v) is 4.52. The molecule has 1 N–H and O–H groups in total. The highest BCUT2D eigenvalue weighted by atomic mass is 15.1. The molecule has 0 spiro atoms. The molecular weight excluding hydrogens is 150 g/mol. The van der Waals surface area contributed by atoms with Crippen molar-refractivity contribution in [1.82, 2.24) is 14.9 Å². The molecular formula is C9H15N3. The van der Waals surface area contributed by atoms with Crippen molar-refractivity contribution in [1.29, 1.82) is 0 Å². The number of hydrogen-bond acceptors (Lipinski definition) is 2. The molecule has 1 aromatic heterocycles. The van der Waals surface area contributed by atoms with Gasteiger partial charge < -0.3 is 9.88 Å². The summed E-state index contributed by atoms with van der Waals surface area (Å²) in [5, 5.41) is 3.50. The van der Waals surface area contributed by atoms with Gasteiger partial charge in [0.1, 0.15) is 0 Å². The van der Waals surface area contributed by atoms with Gasteiger partial charge in [0, 0.05) is 19.3 Å². The Morgan fingerprint density at radius 1 is 1.67 bits per heavy atom. The van der Waals surface area contributed by atoms with Crippen LogP contribution in [0.4, 0.5) is 0 Å². The number of nitrogens with zero attached hydrogens (tertiary/aromatic N) is 2. The highest BCUT2D eigenvalue weighted by molar-refractivity contribution is 5.08. The molecule has 1 unspecified atom stereocenters. The molecule has 1 atom stereocenters. The zero-order chi connectivity index (χ0) is 8.55. The van der Waals surface area contributed by atoms with Gasteiger partial charge in [-0.3, -0.25) is 0 Å². The first-order valence-electron chi connectivity index (χ1n) is 4.52. The van der Waals surface area contributed by atoms with Gasteiger partial charge in [-0.2, -0.15) is 0 Å². The monoisotopic (exact) mass is 165 g/mol. The summed E-state index contributed by atoms with van der Waals surface area (Å²) >= 11 is 0. The lowest BCUT2D eigenvalue weighted by Crippen LogP contribution is -2.35. The van der Waals surface area contributed by atoms with Crippen molar-refractivity contribution in [2.24, 2.45) is 5.92 Å². The molecule has 0 saturated heterocycles. The fraction of sp³-hybridized carbons (Fsp3) is 0.667. The normalized spacial score (nSPS) is 22.8. The number of aromatic nitrogens is 2. The fourth-order valence-electron chi connectivity index (χ4n) is 1.80. The third-order valence-corrected chi connectivity index (χ3v) is 2.45. The maximum atomic E-state index is 4.16. The predicted octanol–water partition coefficient (Wildman–Crippen LogP) is 1.18. The lowest BCUT2D eigenvalue weighted by molar-refractivity contribution is 0.347. The standard InChI is InChI=1S/C9H15N3/c1-7(2)9-8-5-10-6-12(8)4-3-11-9/h5-7,9,11H,3-4H2,1-2H3. The van der Waals surface area contributed by atoms with E-state index in [-0.39, 0.29) is 0 Å². The van der Waals surface area contributed by atoms with E-state index in [1.807, 2.05) is 12.5 Å². The van der Waals surface area contributed by atoms with Crippen molar-refractivity contribution in [3.63, 3.8) is 0 Å². The van der Waals surface area contributed by atoms with Crippen LogP contribution >= 0.6 is 0 Å². The van der Waals surface area contributed by atoms with Crippen molar-refractivity contribution in [2.45, 2.75) is 26.4 Å². The second-order valence-electron chi connectivity index (χ2n) is 3.69. The lowest BCUT2D eigenvalue weighted by atomic mass is 10.00. The molecule has 0 aliphatic carbocycles. The van der Waals surface area contributed by atoms with Gasteiger partial charge in [0.2, 0.25) is 0 Å². The van der Waals surface area contributed by atoms with Crippen molar-refractivity contribution >= 4 is 0 Å². The number of fused-ring (bicyclic) bond motifs is 1. The van der Waals surface area contributed by atoms with Crippen LogP contribution in [0.1, 0.15) is 25.6 Å². The minimum absolute atomic E-state index is 0.487. The van der Waals surface area contributed by atoms with Crippen LogP contribution in [0, 0.1) is 5.92 Å². The van der Waals surface area contributed by atoms with Crippen LogP contribution in [0.5, 0.6) is 0 Å². The van der Waals surface area contributed by atoms with E-state index in [9.17, 15) is 0 Å². The Labute approximate surface area is 72.8 Å². The SMILES string of the molecule is CC(C)C1NCCn2cncc21. The molecule has 0 fully saturated rings. The zero-order valence-electron chi connectivity index (χ0n) is 7.62. The Morgan fingerprint density at radius 3 is 3.25 bits per heavy atom. The van der Waals surface area contributed by atoms with Crippen LogP contribution in [0.15, 0.2) is 12.5 Å². The minimum Gasteiger partial charge on any atom is -0.332 e. The van der Waals surface area contributed by atoms with Gasteiger partial charge in [0.15, 0.2) is 0 Å². The summed E-state index contributed by atoms with van der Waals surface area (Å²) in [5.41, 5.74) is 1.33. The molecule has 3 nitrogen and oxygen atoms in total. The van der Waals surface area contributed by atoms with E-state index in [1.165, 1.54) is 5.69 Å². The number of rotatable bonds is 1. The Balaban J connectivity index is 2.31. The highest BCUT2D eigenvalue weighted by Crippen LogP contribution is 2.23. The van der Waals surface area contributed by atoms with Gasteiger partial charge in [0.05, 0.1) is 18.1 Å². The minimum atomic E-state index is 0.487. The summed E-state index contributed by atoms with van der Waals surface area (Å²) < 4.78 is 2.24. The third kappa shape index (κ3) is 1.14. The van der Waals surface area contributed by atoms with Gasteiger partial charge in [-0.25, -0.2) is 4.98 Å². The maximum absolute atomic E-state index is 4.16. The Bertz CT molecular complexity index is 264. The van der Waals surface area contributed by atoms with E-state index in [0.29, 0.717) is 12.0 Å². The topological polar surface area (TPSA) is 29.9 Å². The van der Waals surface area contributed by atoms with Gasteiger partial charge in [-0.05, 0) is 5.92 Å². The van der Waals surface area contributed by atoms with Gasteiger partial charge in [-0.1, -0.05) is 13.8 Å². The molecule has 12 heavy (non-hydrogen) atoms. The van der Waals surface area contributed by atoms with E-state index in [4.69, 9.17) is 0 Å². The fourth-order valence-corrected chi connectivity index (χ4v) is 1.80. The largest absolute Gasteiger partial charge is 0.332 e. The van der Waals surface area contributed by atoms with Crippen LogP contribution in [0.3, 0.4) is 0 Å². The van der Waals surface area contributed by atoms with Crippen LogP contribution in [0.2, 0.25) is 0 Å². The molecule has 0 amide bonds. The average molecular weight is 165 g/mol. The van der Waals surface area contributed by atoms with Gasteiger partial charge in [0.25, 0.3) is 0 Å². The molecule has 1 aliphatic heterocycles. The Hall–Kier alpha value is -0.830. The predicted molar refractivity (Wildman–Crippen MR) is 47.8 cm³/mol. The van der Waals surface area contributed by atoms with E-state index in [1.54, 1.807) is 0 Å². The summed E-state index contributed by atoms with van der Waals surface area (Å²) in [7, 11) is 0. The smallest absolute Gasteiger partial charge is 0.0949 e. The summed E-state index contributed by atoms with van der Waals surface area (Å²) in [5.74, 6) is 0.640. The van der Waals surface area contributed by atoms with Crippen molar-refractivity contribution in [3.05, 3.63) is 18.2 Å². The first kappa shape index (κ1) is 7.80. The molecule has 1 aromatic rings. The number of nitrogens with one attached hydrogen (secondary N) is 1. The second-order valence-corrected chi connectivity index (χ2v) is 3.69. The summed E-state index contributed by atoms with van der Waals surface area (Å²) in [6.07, 6.45) is 3.89. The summed E-state index contributed by atoms with van der Waals surface area (Å²) in [6.45, 7) is 6.59. The average Bonchev–Trinajstić information content (AvgIpc) is 2.49. The molecule has 2 rings (SSSR count). The second kappa shape index (κ2) is 2.90. The summed E-state index contributed by atoms with van der Waals surface area (Å²) in [6, 6.07) is 0.487. The number of hydrogen-bond donors (Lipinski definition) is 1. The molecule has 1 aliphatic rings. The third-order valence-electron chi connectivity index (χ3n) is 2.45. The van der Waals surface area contributed by atoms with Crippen LogP contribution < -0.4 is 5.32 Å². The molecule has 3 heteroatoms. The molecule has 0 radical (unpaired) electrons. The van der Waals surface area contributed by atoms with E-state index in [0.717, 1.165) is 13.1 Å². The Morgan fingerprint density at radius 2 is 2.50 bits per heavy atom. The molecule has 0 bridgehead atoms. The van der Waals surface area contributed by atoms with E-state index >= 15 is 0 Å². The molecule has 66 valence electrons. The van der Waals surface area contributed by atoms with E-state index < -0.39 is 0 Å². The van der Waals surface area contributed by atoms with Crippen molar-refractivity contribution in [2.75, 3.05) is 6.54 Å². The maximum Gasteiger partial charge on any atom is 0.0949 e. The van der Waals surface area contributed by atoms with Crippen LogP contribution in [-0.4, -0.2) is 16.1 Å². The van der Waals surface area contributed by atoms with Crippen LogP contribution in [-0.2, 0) is 6.54 Å². The quantitative estimate of drug-likeness (QED) is 0.677. The molecule has 0 saturated carbocycles. The first-order chi connectivity index (χ1) is 5.79. The lowest BCUT2D eigenvalue weighted by Gasteiger charge is -2.28. The zero-order valence-corrected chi connectivity index (χ0v) is 7.62.